The molecule has 0 fully saturated rings. The van der Waals surface area contributed by atoms with Crippen molar-refractivity contribution in [2.24, 2.45) is 0 Å². The molecule has 88 valence electrons. The Kier molecular flexibility index (Phi) is 3.69. The minimum atomic E-state index is 1.06. The van der Waals surface area contributed by atoms with Gasteiger partial charge in [0.05, 0.1) is 0 Å². The largest absolute Gasteiger partial charge is 0.380 e. The molecule has 0 N–H and O–H groups in total. The SMILES string of the molecule is CN1C=CC(=C=CN(C)c2ccccc2)CC1. The summed E-state index contributed by atoms with van der Waals surface area (Å²) < 4.78 is 0. The van der Waals surface area contributed by atoms with Gasteiger partial charge < -0.3 is 9.80 Å². The van der Waals surface area contributed by atoms with Crippen molar-refractivity contribution < 1.29 is 0 Å². The molecule has 0 unspecified atom stereocenters. The van der Waals surface area contributed by atoms with Gasteiger partial charge in [-0.25, -0.2) is 0 Å². The third-order valence-corrected chi connectivity index (χ3v) is 2.87. The maximum Gasteiger partial charge on any atom is 0.0468 e. The lowest BCUT2D eigenvalue weighted by Crippen LogP contribution is -2.16. The van der Waals surface area contributed by atoms with Crippen LogP contribution in [0.1, 0.15) is 6.42 Å². The van der Waals surface area contributed by atoms with Gasteiger partial charge in [0.15, 0.2) is 0 Å². The lowest BCUT2D eigenvalue weighted by atomic mass is 10.1. The van der Waals surface area contributed by atoms with Crippen LogP contribution < -0.4 is 4.90 Å². The molecule has 1 aromatic rings. The zero-order valence-corrected chi connectivity index (χ0v) is 10.4. The fourth-order valence-corrected chi connectivity index (χ4v) is 1.71. The van der Waals surface area contributed by atoms with Crippen molar-refractivity contribution >= 4 is 5.69 Å². The second-order valence-corrected chi connectivity index (χ2v) is 4.29. The van der Waals surface area contributed by atoms with Crippen LogP contribution in [-0.4, -0.2) is 25.5 Å². The molecule has 0 radical (unpaired) electrons. The molecule has 0 saturated carbocycles. The normalized spacial score (nSPS) is 14.5. The van der Waals surface area contributed by atoms with Gasteiger partial charge >= 0.3 is 0 Å². The molecule has 1 heterocycles. The first-order valence-corrected chi connectivity index (χ1v) is 5.88. The number of nitrogens with zero attached hydrogens (tertiary/aromatic N) is 2. The molecule has 0 spiro atoms. The summed E-state index contributed by atoms with van der Waals surface area (Å²) in [6, 6.07) is 10.3. The van der Waals surface area contributed by atoms with Gasteiger partial charge in [0.1, 0.15) is 0 Å². The van der Waals surface area contributed by atoms with Crippen LogP contribution in [0.15, 0.2) is 60.1 Å². The second kappa shape index (κ2) is 5.42. The van der Waals surface area contributed by atoms with E-state index in [4.69, 9.17) is 0 Å². The van der Waals surface area contributed by atoms with Crippen molar-refractivity contribution in [1.82, 2.24) is 4.90 Å². The van der Waals surface area contributed by atoms with E-state index in [-0.39, 0.29) is 0 Å². The zero-order valence-electron chi connectivity index (χ0n) is 10.4. The lowest BCUT2D eigenvalue weighted by Gasteiger charge is -2.18. The van der Waals surface area contributed by atoms with Gasteiger partial charge in [-0.1, -0.05) is 23.9 Å². The third kappa shape index (κ3) is 3.27. The molecule has 17 heavy (non-hydrogen) atoms. The van der Waals surface area contributed by atoms with Crippen molar-refractivity contribution in [2.75, 3.05) is 25.5 Å². The molecule has 2 rings (SSSR count). The van der Waals surface area contributed by atoms with Crippen molar-refractivity contribution in [3.05, 3.63) is 60.1 Å². The quantitative estimate of drug-likeness (QED) is 0.715. The smallest absolute Gasteiger partial charge is 0.0468 e. The molecule has 1 aliphatic heterocycles. The summed E-state index contributed by atoms with van der Waals surface area (Å²) in [5.41, 5.74) is 5.78. The monoisotopic (exact) mass is 226 g/mol. The van der Waals surface area contributed by atoms with E-state index in [1.165, 1.54) is 11.3 Å². The Hall–Kier alpha value is -1.92. The molecule has 0 amide bonds. The van der Waals surface area contributed by atoms with Crippen LogP contribution >= 0.6 is 0 Å². The molecule has 1 aliphatic rings. The highest BCUT2D eigenvalue weighted by atomic mass is 15.1. The van der Waals surface area contributed by atoms with Crippen molar-refractivity contribution in [1.29, 1.82) is 0 Å². The molecule has 0 aromatic heterocycles. The Morgan fingerprint density at radius 2 is 2.06 bits per heavy atom. The van der Waals surface area contributed by atoms with E-state index in [2.05, 4.69) is 47.0 Å². The second-order valence-electron chi connectivity index (χ2n) is 4.29. The van der Waals surface area contributed by atoms with E-state index in [1.54, 1.807) is 0 Å². The molecule has 0 bridgehead atoms. The Morgan fingerprint density at radius 1 is 1.29 bits per heavy atom. The first-order valence-electron chi connectivity index (χ1n) is 5.88. The molecule has 0 atom stereocenters. The Labute approximate surface area is 103 Å². The predicted molar refractivity (Wildman–Crippen MR) is 72.8 cm³/mol. The minimum Gasteiger partial charge on any atom is -0.380 e. The number of para-hydroxylation sites is 1. The van der Waals surface area contributed by atoms with Crippen molar-refractivity contribution in [2.45, 2.75) is 6.42 Å². The van der Waals surface area contributed by atoms with E-state index in [0.717, 1.165) is 13.0 Å². The molecule has 1 aromatic carbocycles. The minimum absolute atomic E-state index is 1.06. The Balaban J connectivity index is 2.11. The molecule has 0 saturated heterocycles. The zero-order chi connectivity index (χ0) is 12.1. The van der Waals surface area contributed by atoms with Crippen LogP contribution in [0.4, 0.5) is 5.69 Å². The van der Waals surface area contributed by atoms with Crippen LogP contribution in [-0.2, 0) is 0 Å². The highest BCUT2D eigenvalue weighted by molar-refractivity contribution is 5.47. The first-order chi connectivity index (χ1) is 8.25. The van der Waals surface area contributed by atoms with Crippen LogP contribution in [0.3, 0.4) is 0 Å². The molecular formula is C15H18N2. The number of rotatable bonds is 2. The summed E-state index contributed by atoms with van der Waals surface area (Å²) in [6.45, 7) is 1.07. The topological polar surface area (TPSA) is 6.48 Å². The highest BCUT2D eigenvalue weighted by Gasteiger charge is 2.01. The van der Waals surface area contributed by atoms with Gasteiger partial charge in [-0.15, -0.1) is 0 Å². The number of benzene rings is 1. The number of allylic oxidation sites excluding steroid dienone is 1. The van der Waals surface area contributed by atoms with Gasteiger partial charge in [-0.3, -0.25) is 0 Å². The van der Waals surface area contributed by atoms with Crippen LogP contribution in [0.25, 0.3) is 0 Å². The highest BCUT2D eigenvalue weighted by Crippen LogP contribution is 2.13. The summed E-state index contributed by atoms with van der Waals surface area (Å²) in [5.74, 6) is 0. The van der Waals surface area contributed by atoms with Gasteiger partial charge in [0, 0.05) is 32.5 Å². The summed E-state index contributed by atoms with van der Waals surface area (Å²) >= 11 is 0. The average molecular weight is 226 g/mol. The predicted octanol–water partition coefficient (Wildman–Crippen LogP) is 3.01. The van der Waals surface area contributed by atoms with E-state index >= 15 is 0 Å². The number of hydrogen-bond donors (Lipinski definition) is 0. The van der Waals surface area contributed by atoms with Crippen LogP contribution in [0, 0.1) is 0 Å². The fourth-order valence-electron chi connectivity index (χ4n) is 1.71. The van der Waals surface area contributed by atoms with Gasteiger partial charge in [0.2, 0.25) is 0 Å². The van der Waals surface area contributed by atoms with Crippen molar-refractivity contribution in [3.63, 3.8) is 0 Å². The molecule has 2 heteroatoms. The Morgan fingerprint density at radius 3 is 2.71 bits per heavy atom. The third-order valence-electron chi connectivity index (χ3n) is 2.87. The maximum absolute atomic E-state index is 3.34. The summed E-state index contributed by atoms with van der Waals surface area (Å²) in [7, 11) is 4.13. The van der Waals surface area contributed by atoms with E-state index in [1.807, 2.05) is 31.4 Å². The van der Waals surface area contributed by atoms with Crippen molar-refractivity contribution in [3.8, 4) is 0 Å². The summed E-state index contributed by atoms with van der Waals surface area (Å²) in [6.07, 6.45) is 7.29. The standard InChI is InChI=1S/C15H18N2/c1-16-11-8-14(9-12-16)10-13-17(2)15-6-4-3-5-7-15/h3-8,11,13H,9,12H2,1-2H3. The first kappa shape index (κ1) is 11.6. The molecule has 0 aliphatic carbocycles. The summed E-state index contributed by atoms with van der Waals surface area (Å²) in [4.78, 5) is 4.27. The average Bonchev–Trinajstić information content (AvgIpc) is 2.39. The van der Waals surface area contributed by atoms with E-state index < -0.39 is 0 Å². The Bertz CT molecular complexity index is 453. The summed E-state index contributed by atoms with van der Waals surface area (Å²) in [5, 5.41) is 0. The van der Waals surface area contributed by atoms with Crippen LogP contribution in [0.2, 0.25) is 0 Å². The fraction of sp³-hybridized carbons (Fsp3) is 0.267. The number of hydrogen-bond acceptors (Lipinski definition) is 2. The number of anilines is 1. The van der Waals surface area contributed by atoms with Crippen LogP contribution in [0.5, 0.6) is 0 Å². The van der Waals surface area contributed by atoms with Gasteiger partial charge in [0.25, 0.3) is 0 Å². The molecular weight excluding hydrogens is 208 g/mol. The van der Waals surface area contributed by atoms with E-state index in [0.29, 0.717) is 0 Å². The molecule has 2 nitrogen and oxygen atoms in total. The van der Waals surface area contributed by atoms with E-state index in [9.17, 15) is 0 Å². The van der Waals surface area contributed by atoms with Gasteiger partial charge in [-0.2, -0.15) is 0 Å². The lowest BCUT2D eigenvalue weighted by molar-refractivity contribution is 0.449. The maximum atomic E-state index is 3.34. The van der Waals surface area contributed by atoms with Gasteiger partial charge in [-0.05, 0) is 36.4 Å².